The number of cyclic esters (lactones) is 4. The summed E-state index contributed by atoms with van der Waals surface area (Å²) in [6, 6.07) is 4.89. The van der Waals surface area contributed by atoms with Crippen LogP contribution in [0.25, 0.3) is 0 Å². The second-order valence-corrected chi connectivity index (χ2v) is 6.11. The molecule has 0 radical (unpaired) electrons. The van der Waals surface area contributed by atoms with E-state index in [0.717, 1.165) is 5.56 Å². The molecule has 0 amide bonds. The number of rotatable bonds is 2. The second-order valence-electron chi connectivity index (χ2n) is 6.11. The molecule has 6 heteroatoms. The van der Waals surface area contributed by atoms with Crippen molar-refractivity contribution in [2.75, 3.05) is 0 Å². The van der Waals surface area contributed by atoms with E-state index in [-0.39, 0.29) is 17.5 Å². The summed E-state index contributed by atoms with van der Waals surface area (Å²) in [5, 5.41) is 0. The fourth-order valence-electron chi connectivity index (χ4n) is 3.57. The summed E-state index contributed by atoms with van der Waals surface area (Å²) in [6.07, 6.45) is 2.95. The molecule has 0 saturated carbocycles. The molecule has 24 heavy (non-hydrogen) atoms. The lowest BCUT2D eigenvalue weighted by molar-refractivity contribution is -0.151. The highest BCUT2D eigenvalue weighted by Crippen LogP contribution is 2.46. The van der Waals surface area contributed by atoms with E-state index in [1.54, 1.807) is 24.3 Å². The Labute approximate surface area is 136 Å². The fraction of sp³-hybridized carbons (Fsp3) is 0.222. The van der Waals surface area contributed by atoms with E-state index >= 15 is 0 Å². The Hall–Kier alpha value is -3.02. The molecule has 1 atom stereocenters. The molecular weight excluding hydrogens is 312 g/mol. The van der Waals surface area contributed by atoms with Crippen molar-refractivity contribution in [3.63, 3.8) is 0 Å². The van der Waals surface area contributed by atoms with Gasteiger partial charge in [0.15, 0.2) is 0 Å². The van der Waals surface area contributed by atoms with Crippen LogP contribution in [0.1, 0.15) is 45.5 Å². The molecule has 0 bridgehead atoms. The lowest BCUT2D eigenvalue weighted by atomic mass is 9.67. The van der Waals surface area contributed by atoms with Gasteiger partial charge < -0.3 is 9.47 Å². The standard InChI is InChI=1S/C18H12O6/c1-2-18(6-5-11-13(8-18)17(22)24-15(11)20)9-3-4-10-12(7-9)16(21)23-14(10)19/h2-4,7H,1,5-6,8H2. The van der Waals surface area contributed by atoms with Crippen LogP contribution in [-0.2, 0) is 24.5 Å². The SMILES string of the molecule is C=CC1(c2ccc3c(c2)C(=O)OC3=O)CCC2=C(C1)C(=O)OC2=O. The quantitative estimate of drug-likeness (QED) is 0.470. The predicted molar refractivity (Wildman–Crippen MR) is 80.0 cm³/mol. The third-order valence-electron chi connectivity index (χ3n) is 4.97. The summed E-state index contributed by atoms with van der Waals surface area (Å²) in [5.74, 6) is -2.53. The van der Waals surface area contributed by atoms with Crippen LogP contribution >= 0.6 is 0 Å². The largest absolute Gasteiger partial charge is 0.386 e. The van der Waals surface area contributed by atoms with Gasteiger partial charge in [-0.2, -0.15) is 0 Å². The normalized spacial score (nSPS) is 25.3. The van der Waals surface area contributed by atoms with E-state index in [0.29, 0.717) is 24.0 Å². The highest BCUT2D eigenvalue weighted by atomic mass is 16.6. The number of ether oxygens (including phenoxy) is 2. The monoisotopic (exact) mass is 324 g/mol. The lowest BCUT2D eigenvalue weighted by Gasteiger charge is -2.34. The van der Waals surface area contributed by atoms with Crippen LogP contribution in [0.2, 0.25) is 0 Å². The molecule has 0 aromatic heterocycles. The predicted octanol–water partition coefficient (Wildman–Crippen LogP) is 1.98. The van der Waals surface area contributed by atoms with Crippen molar-refractivity contribution in [3.8, 4) is 0 Å². The number of hydrogen-bond acceptors (Lipinski definition) is 6. The minimum atomic E-state index is -0.678. The third-order valence-corrected chi connectivity index (χ3v) is 4.97. The smallest absolute Gasteiger partial charge is 0.346 e. The van der Waals surface area contributed by atoms with Crippen molar-refractivity contribution >= 4 is 23.9 Å². The molecule has 4 rings (SSSR count). The first-order valence-electron chi connectivity index (χ1n) is 7.48. The van der Waals surface area contributed by atoms with Gasteiger partial charge in [0.2, 0.25) is 0 Å². The molecule has 1 aliphatic carbocycles. The van der Waals surface area contributed by atoms with Gasteiger partial charge in [-0.1, -0.05) is 12.1 Å². The number of benzene rings is 1. The van der Waals surface area contributed by atoms with Crippen molar-refractivity contribution in [1.29, 1.82) is 0 Å². The summed E-state index contributed by atoms with van der Waals surface area (Å²) in [6.45, 7) is 3.88. The van der Waals surface area contributed by atoms with Crippen LogP contribution in [0.4, 0.5) is 0 Å². The number of esters is 4. The first-order valence-corrected chi connectivity index (χ1v) is 7.48. The molecule has 1 aromatic carbocycles. The first kappa shape index (κ1) is 14.6. The average Bonchev–Trinajstić information content (AvgIpc) is 3.03. The Kier molecular flexibility index (Phi) is 2.87. The maximum absolute atomic E-state index is 11.9. The minimum absolute atomic E-state index is 0.212. The number of carbonyl (C=O) groups is 4. The van der Waals surface area contributed by atoms with E-state index in [1.807, 2.05) is 0 Å². The highest BCUT2D eigenvalue weighted by Gasteiger charge is 2.44. The van der Waals surface area contributed by atoms with E-state index in [1.165, 1.54) is 0 Å². The van der Waals surface area contributed by atoms with Crippen LogP contribution < -0.4 is 0 Å². The third kappa shape index (κ3) is 1.83. The van der Waals surface area contributed by atoms with Gasteiger partial charge in [-0.25, -0.2) is 19.2 Å². The summed E-state index contributed by atoms with van der Waals surface area (Å²) in [4.78, 5) is 46.9. The molecule has 1 aromatic rings. The molecule has 0 fully saturated rings. The molecule has 1 unspecified atom stereocenters. The highest BCUT2D eigenvalue weighted by molar-refractivity contribution is 6.15. The van der Waals surface area contributed by atoms with Gasteiger partial charge in [-0.3, -0.25) is 0 Å². The molecule has 6 nitrogen and oxygen atoms in total. The maximum atomic E-state index is 11.9. The Morgan fingerprint density at radius 3 is 2.33 bits per heavy atom. The van der Waals surface area contributed by atoms with Gasteiger partial charge in [0.1, 0.15) is 0 Å². The van der Waals surface area contributed by atoms with Crippen LogP contribution in [-0.4, -0.2) is 23.9 Å². The zero-order valence-corrected chi connectivity index (χ0v) is 12.6. The molecule has 2 heterocycles. The van der Waals surface area contributed by atoms with Crippen LogP contribution in [0.3, 0.4) is 0 Å². The first-order chi connectivity index (χ1) is 11.4. The number of hydrogen-bond donors (Lipinski definition) is 0. The van der Waals surface area contributed by atoms with E-state index in [2.05, 4.69) is 16.1 Å². The van der Waals surface area contributed by atoms with E-state index in [4.69, 9.17) is 0 Å². The van der Waals surface area contributed by atoms with Crippen molar-refractivity contribution < 1.29 is 28.7 Å². The summed E-state index contributed by atoms with van der Waals surface area (Å²) >= 11 is 0. The lowest BCUT2D eigenvalue weighted by Crippen LogP contribution is -2.29. The van der Waals surface area contributed by atoms with Crippen LogP contribution in [0.15, 0.2) is 42.0 Å². The molecule has 0 saturated heterocycles. The van der Waals surface area contributed by atoms with Gasteiger partial charge in [0, 0.05) is 16.6 Å². The fourth-order valence-corrected chi connectivity index (χ4v) is 3.57. The Morgan fingerprint density at radius 1 is 0.917 bits per heavy atom. The van der Waals surface area contributed by atoms with Crippen molar-refractivity contribution in [3.05, 3.63) is 58.7 Å². The van der Waals surface area contributed by atoms with E-state index in [9.17, 15) is 19.2 Å². The number of fused-ring (bicyclic) bond motifs is 1. The van der Waals surface area contributed by atoms with Gasteiger partial charge in [-0.05, 0) is 37.0 Å². The zero-order chi connectivity index (χ0) is 17.1. The summed E-state index contributed by atoms with van der Waals surface area (Å²) in [5.41, 5.74) is 1.38. The molecular formula is C18H12O6. The molecule has 0 spiro atoms. The molecule has 120 valence electrons. The van der Waals surface area contributed by atoms with Crippen molar-refractivity contribution in [2.45, 2.75) is 24.7 Å². The van der Waals surface area contributed by atoms with E-state index < -0.39 is 29.3 Å². The molecule has 0 N–H and O–H groups in total. The Morgan fingerprint density at radius 2 is 1.58 bits per heavy atom. The minimum Gasteiger partial charge on any atom is -0.386 e. The Bertz CT molecular complexity index is 891. The van der Waals surface area contributed by atoms with Crippen LogP contribution in [0.5, 0.6) is 0 Å². The van der Waals surface area contributed by atoms with Gasteiger partial charge in [-0.15, -0.1) is 6.58 Å². The average molecular weight is 324 g/mol. The van der Waals surface area contributed by atoms with Gasteiger partial charge in [0.05, 0.1) is 11.1 Å². The Balaban J connectivity index is 1.79. The number of allylic oxidation sites excluding steroid dienone is 1. The molecule has 2 aliphatic heterocycles. The maximum Gasteiger partial charge on any atom is 0.346 e. The zero-order valence-electron chi connectivity index (χ0n) is 12.6. The number of carbonyl (C=O) groups excluding carboxylic acids is 4. The summed E-state index contributed by atoms with van der Waals surface area (Å²) in [7, 11) is 0. The van der Waals surface area contributed by atoms with Gasteiger partial charge in [0.25, 0.3) is 0 Å². The molecule has 3 aliphatic rings. The van der Waals surface area contributed by atoms with Gasteiger partial charge >= 0.3 is 23.9 Å². The van der Waals surface area contributed by atoms with Crippen molar-refractivity contribution in [1.82, 2.24) is 0 Å². The topological polar surface area (TPSA) is 86.7 Å². The second kappa shape index (κ2) is 4.74. The summed E-state index contributed by atoms with van der Waals surface area (Å²) < 4.78 is 9.29. The van der Waals surface area contributed by atoms with Crippen molar-refractivity contribution in [2.24, 2.45) is 0 Å². The van der Waals surface area contributed by atoms with Crippen LogP contribution in [0, 0.1) is 0 Å².